The van der Waals surface area contributed by atoms with Crippen LogP contribution in [-0.4, -0.2) is 22.7 Å². The lowest BCUT2D eigenvalue weighted by molar-refractivity contribution is -0.384. The summed E-state index contributed by atoms with van der Waals surface area (Å²) in [7, 11) is 0. The van der Waals surface area contributed by atoms with E-state index in [1.165, 1.54) is 12.1 Å². The summed E-state index contributed by atoms with van der Waals surface area (Å²) in [5, 5.41) is 13.5. The van der Waals surface area contributed by atoms with E-state index >= 15 is 0 Å². The molecule has 0 aliphatic heterocycles. The topological polar surface area (TPSA) is 81.5 Å². The molecular formula is C20H36N2O4. The van der Waals surface area contributed by atoms with Gasteiger partial charge in [0.25, 0.3) is 5.69 Å². The predicted octanol–water partition coefficient (Wildman–Crippen LogP) is 5.88. The smallest absolute Gasteiger partial charge is 0.407 e. The summed E-state index contributed by atoms with van der Waals surface area (Å²) < 4.78 is 5.26. The molecule has 150 valence electrons. The summed E-state index contributed by atoms with van der Waals surface area (Å²) in [4.78, 5) is 22.1. The van der Waals surface area contributed by atoms with Crippen LogP contribution in [-0.2, 0) is 11.2 Å². The minimum atomic E-state index is -0.534. The molecule has 0 saturated carbocycles. The lowest BCUT2D eigenvalue weighted by Gasteiger charge is -2.23. The highest BCUT2D eigenvalue weighted by atomic mass is 16.6. The van der Waals surface area contributed by atoms with E-state index in [0.717, 1.165) is 18.4 Å². The molecule has 1 amide bonds. The molecule has 1 rings (SSSR count). The number of alkyl carbamates (subject to hydrolysis) is 1. The van der Waals surface area contributed by atoms with Crippen LogP contribution in [0.25, 0.3) is 0 Å². The van der Waals surface area contributed by atoms with Crippen molar-refractivity contribution >= 4 is 11.8 Å². The monoisotopic (exact) mass is 368 g/mol. The minimum absolute atomic E-state index is 0.0543. The number of amides is 1. The Kier molecular flexibility index (Phi) is 14.2. The summed E-state index contributed by atoms with van der Waals surface area (Å²) in [5.74, 6) is 0. The Morgan fingerprint density at radius 3 is 2.04 bits per heavy atom. The molecule has 0 aromatic heterocycles. The summed E-state index contributed by atoms with van der Waals surface area (Å²) >= 11 is 0. The van der Waals surface area contributed by atoms with Crippen LogP contribution in [0.5, 0.6) is 0 Å². The van der Waals surface area contributed by atoms with Gasteiger partial charge in [0.15, 0.2) is 0 Å². The molecule has 1 aromatic carbocycles. The second-order valence-electron chi connectivity index (χ2n) is 6.26. The zero-order valence-electron chi connectivity index (χ0n) is 17.6. The molecule has 0 bridgehead atoms. The molecule has 0 unspecified atom stereocenters. The molecule has 0 aliphatic rings. The quantitative estimate of drug-likeness (QED) is 0.502. The number of nitro benzene ring substituents is 1. The maximum atomic E-state index is 11.9. The molecule has 26 heavy (non-hydrogen) atoms. The largest absolute Gasteiger partial charge is 0.444 e. The van der Waals surface area contributed by atoms with Crippen LogP contribution in [0.2, 0.25) is 0 Å². The molecule has 6 nitrogen and oxygen atoms in total. The zero-order chi connectivity index (χ0) is 20.8. The number of hydrogen-bond acceptors (Lipinski definition) is 4. The van der Waals surface area contributed by atoms with Gasteiger partial charge in [-0.25, -0.2) is 4.79 Å². The van der Waals surface area contributed by atoms with Crippen molar-refractivity contribution in [2.45, 2.75) is 86.3 Å². The van der Waals surface area contributed by atoms with Crippen molar-refractivity contribution in [3.8, 4) is 0 Å². The van der Waals surface area contributed by atoms with Crippen LogP contribution in [0.4, 0.5) is 10.5 Å². The van der Waals surface area contributed by atoms with Gasteiger partial charge in [0, 0.05) is 18.2 Å². The Bertz CT molecular complexity index is 508. The van der Waals surface area contributed by atoms with Crippen molar-refractivity contribution in [2.24, 2.45) is 0 Å². The Hall–Kier alpha value is -2.11. The number of rotatable bonds is 6. The van der Waals surface area contributed by atoms with Gasteiger partial charge in [0.05, 0.1) is 4.92 Å². The van der Waals surface area contributed by atoms with Gasteiger partial charge in [-0.05, 0) is 39.2 Å². The summed E-state index contributed by atoms with van der Waals surface area (Å²) in [6.45, 7) is 15.5. The summed E-state index contributed by atoms with van der Waals surface area (Å²) in [6, 6.07) is 6.34. The summed E-state index contributed by atoms with van der Waals surface area (Å²) in [5.41, 5.74) is 0.477. The van der Waals surface area contributed by atoms with Crippen LogP contribution in [0.1, 0.15) is 73.8 Å². The highest BCUT2D eigenvalue weighted by Crippen LogP contribution is 2.15. The van der Waals surface area contributed by atoms with E-state index in [4.69, 9.17) is 4.74 Å². The van der Waals surface area contributed by atoms with Crippen LogP contribution < -0.4 is 5.32 Å². The summed E-state index contributed by atoms with van der Waals surface area (Å²) in [6.07, 6.45) is 1.92. The maximum Gasteiger partial charge on any atom is 0.407 e. The minimum Gasteiger partial charge on any atom is -0.444 e. The first-order valence-electron chi connectivity index (χ1n) is 9.44. The lowest BCUT2D eigenvalue weighted by atomic mass is 10.0. The van der Waals surface area contributed by atoms with Crippen molar-refractivity contribution in [2.75, 3.05) is 0 Å². The average Bonchev–Trinajstić information content (AvgIpc) is 2.57. The number of carbonyl (C=O) groups excluding carboxylic acids is 1. The number of nitro groups is 1. The number of nitrogens with one attached hydrogen (secondary N) is 1. The fraction of sp³-hybridized carbons (Fsp3) is 0.650. The third-order valence-electron chi connectivity index (χ3n) is 2.99. The fourth-order valence-corrected chi connectivity index (χ4v) is 2.09. The van der Waals surface area contributed by atoms with Gasteiger partial charge < -0.3 is 10.1 Å². The van der Waals surface area contributed by atoms with E-state index in [1.54, 1.807) is 12.1 Å². The lowest BCUT2D eigenvalue weighted by Crippen LogP contribution is -2.40. The van der Waals surface area contributed by atoms with Gasteiger partial charge in [0.1, 0.15) is 5.60 Å². The van der Waals surface area contributed by atoms with Crippen LogP contribution >= 0.6 is 0 Å². The molecule has 0 aliphatic carbocycles. The molecule has 0 heterocycles. The SMILES string of the molecule is CC.CC.CCC[C@H](Cc1ccc([N+](=O)[O-])cc1)NC(=O)OC(C)(C)C. The molecule has 1 atom stereocenters. The predicted molar refractivity (Wildman–Crippen MR) is 108 cm³/mol. The molecule has 0 fully saturated rings. The number of nitrogens with zero attached hydrogens (tertiary/aromatic N) is 1. The average molecular weight is 369 g/mol. The molecule has 6 heteroatoms. The highest BCUT2D eigenvalue weighted by Gasteiger charge is 2.19. The second-order valence-corrected chi connectivity index (χ2v) is 6.26. The Balaban J connectivity index is 0. The number of carbonyl (C=O) groups is 1. The molecule has 1 N–H and O–H groups in total. The highest BCUT2D eigenvalue weighted by molar-refractivity contribution is 5.68. The van der Waals surface area contributed by atoms with Crippen molar-refractivity contribution < 1.29 is 14.5 Å². The van der Waals surface area contributed by atoms with Crippen molar-refractivity contribution in [1.29, 1.82) is 0 Å². The van der Waals surface area contributed by atoms with E-state index in [2.05, 4.69) is 5.32 Å². The van der Waals surface area contributed by atoms with Crippen LogP contribution in [0.3, 0.4) is 0 Å². The molecular weight excluding hydrogens is 332 g/mol. The first-order valence-corrected chi connectivity index (χ1v) is 9.44. The Morgan fingerprint density at radius 1 is 1.15 bits per heavy atom. The Morgan fingerprint density at radius 2 is 1.65 bits per heavy atom. The molecule has 0 radical (unpaired) electrons. The third-order valence-corrected chi connectivity index (χ3v) is 2.99. The van der Waals surface area contributed by atoms with Gasteiger partial charge in [-0.2, -0.15) is 0 Å². The van der Waals surface area contributed by atoms with E-state index in [-0.39, 0.29) is 11.7 Å². The zero-order valence-corrected chi connectivity index (χ0v) is 17.6. The third kappa shape index (κ3) is 12.3. The van der Waals surface area contributed by atoms with Crippen LogP contribution in [0, 0.1) is 10.1 Å². The molecule has 0 spiro atoms. The van der Waals surface area contributed by atoms with Gasteiger partial charge in [-0.15, -0.1) is 0 Å². The van der Waals surface area contributed by atoms with Gasteiger partial charge in [0.2, 0.25) is 0 Å². The number of ether oxygens (including phenoxy) is 1. The van der Waals surface area contributed by atoms with Crippen molar-refractivity contribution in [3.05, 3.63) is 39.9 Å². The number of benzene rings is 1. The molecule has 0 saturated heterocycles. The van der Waals surface area contributed by atoms with Crippen molar-refractivity contribution in [1.82, 2.24) is 5.32 Å². The normalized spacial score (nSPS) is 11.1. The maximum absolute atomic E-state index is 11.9. The number of non-ortho nitro benzene ring substituents is 1. The van der Waals surface area contributed by atoms with E-state index in [9.17, 15) is 14.9 Å². The first-order chi connectivity index (χ1) is 12.2. The van der Waals surface area contributed by atoms with Gasteiger partial charge in [-0.3, -0.25) is 10.1 Å². The Labute approximate surface area is 158 Å². The first kappa shape index (κ1) is 26.1. The van der Waals surface area contributed by atoms with E-state index in [0.29, 0.717) is 6.42 Å². The van der Waals surface area contributed by atoms with Gasteiger partial charge in [-0.1, -0.05) is 53.2 Å². The van der Waals surface area contributed by atoms with E-state index < -0.39 is 16.6 Å². The van der Waals surface area contributed by atoms with Crippen molar-refractivity contribution in [3.63, 3.8) is 0 Å². The number of hydrogen-bond donors (Lipinski definition) is 1. The molecule has 1 aromatic rings. The second kappa shape index (κ2) is 14.1. The van der Waals surface area contributed by atoms with E-state index in [1.807, 2.05) is 55.4 Å². The van der Waals surface area contributed by atoms with Gasteiger partial charge >= 0.3 is 6.09 Å². The fourth-order valence-electron chi connectivity index (χ4n) is 2.09. The standard InChI is InChI=1S/C16H24N2O4.2C2H6/c1-5-6-13(17-15(19)22-16(2,3)4)11-12-7-9-14(10-8-12)18(20)21;2*1-2/h7-10,13H,5-6,11H2,1-4H3,(H,17,19);2*1-2H3/t13-;;/m1../s1. The van der Waals surface area contributed by atoms with Crippen LogP contribution in [0.15, 0.2) is 24.3 Å².